The number of ether oxygens (including phenoxy) is 1. The van der Waals surface area contributed by atoms with E-state index in [1.54, 1.807) is 29.1 Å². The van der Waals surface area contributed by atoms with Gasteiger partial charge in [0.1, 0.15) is 23.5 Å². The summed E-state index contributed by atoms with van der Waals surface area (Å²) in [5.41, 5.74) is 2.54. The summed E-state index contributed by atoms with van der Waals surface area (Å²) in [7, 11) is 0. The molecule has 0 radical (unpaired) electrons. The molecule has 1 heterocycles. The fraction of sp³-hybridized carbons (Fsp3) is 0.286. The number of carbonyl (C=O) groups excluding carboxylic acids is 1. The zero-order valence-electron chi connectivity index (χ0n) is 20.5. The van der Waals surface area contributed by atoms with Gasteiger partial charge in [0, 0.05) is 10.8 Å². The van der Waals surface area contributed by atoms with E-state index in [1.165, 1.54) is 24.3 Å². The molecular weight excluding hydrogens is 448 g/mol. The number of fused-ring (bicyclic) bond motifs is 1. The Morgan fingerprint density at radius 1 is 1.00 bits per heavy atom. The maximum atomic E-state index is 13.8. The lowest BCUT2D eigenvalue weighted by atomic mass is 9.93. The van der Waals surface area contributed by atoms with Crippen molar-refractivity contribution >= 4 is 16.8 Å². The summed E-state index contributed by atoms with van der Waals surface area (Å²) in [5.74, 6) is -0.155. The van der Waals surface area contributed by atoms with Gasteiger partial charge in [0.05, 0.1) is 23.4 Å². The average molecular weight is 478 g/mol. The number of carbonyl (C=O) groups is 1. The summed E-state index contributed by atoms with van der Waals surface area (Å²) < 4.78 is 35.3. The molecule has 2 atom stereocenters. The molecule has 3 aromatic carbocycles. The molecule has 0 saturated carbocycles. The molecule has 1 amide bonds. The van der Waals surface area contributed by atoms with E-state index in [0.29, 0.717) is 5.75 Å². The van der Waals surface area contributed by atoms with Crippen molar-refractivity contribution in [3.63, 3.8) is 0 Å². The number of aromatic nitrogens is 2. The van der Waals surface area contributed by atoms with E-state index in [4.69, 9.17) is 4.74 Å². The van der Waals surface area contributed by atoms with Crippen molar-refractivity contribution in [3.8, 4) is 11.4 Å². The van der Waals surface area contributed by atoms with Crippen LogP contribution < -0.4 is 10.1 Å². The summed E-state index contributed by atoms with van der Waals surface area (Å²) in [5, 5.41) is 8.32. The first kappa shape index (κ1) is 24.4. The number of amides is 1. The average Bonchev–Trinajstić information content (AvgIpc) is 3.21. The monoisotopic (exact) mass is 477 g/mol. The second-order valence-electron chi connectivity index (χ2n) is 9.80. The molecular formula is C28H29F2N3O2. The van der Waals surface area contributed by atoms with Crippen molar-refractivity contribution < 1.29 is 18.3 Å². The summed E-state index contributed by atoms with van der Waals surface area (Å²) in [6.07, 6.45) is 1.17. The fourth-order valence-electron chi connectivity index (χ4n) is 3.91. The van der Waals surface area contributed by atoms with Gasteiger partial charge in [-0.15, -0.1) is 0 Å². The highest BCUT2D eigenvalue weighted by Crippen LogP contribution is 2.31. The van der Waals surface area contributed by atoms with E-state index in [2.05, 4.69) is 10.4 Å². The first-order chi connectivity index (χ1) is 16.5. The van der Waals surface area contributed by atoms with E-state index in [9.17, 15) is 13.6 Å². The number of nitrogens with one attached hydrogen (secondary N) is 1. The van der Waals surface area contributed by atoms with Crippen LogP contribution in [0.15, 0.2) is 66.9 Å². The van der Waals surface area contributed by atoms with Gasteiger partial charge in [-0.25, -0.2) is 13.5 Å². The van der Waals surface area contributed by atoms with Gasteiger partial charge in [-0.2, -0.15) is 5.10 Å². The number of halogens is 2. The minimum atomic E-state index is -0.565. The Bertz CT molecular complexity index is 1360. The van der Waals surface area contributed by atoms with Crippen LogP contribution in [0.3, 0.4) is 0 Å². The van der Waals surface area contributed by atoms with Gasteiger partial charge in [0.15, 0.2) is 0 Å². The van der Waals surface area contributed by atoms with Gasteiger partial charge in [0.25, 0.3) is 0 Å². The first-order valence-electron chi connectivity index (χ1n) is 11.5. The lowest BCUT2D eigenvalue weighted by Crippen LogP contribution is -2.44. The Labute approximate surface area is 203 Å². The molecule has 0 spiro atoms. The highest BCUT2D eigenvalue weighted by atomic mass is 19.1. The van der Waals surface area contributed by atoms with Gasteiger partial charge >= 0.3 is 0 Å². The molecule has 4 aromatic rings. The Balaban J connectivity index is 1.67. The molecule has 5 nitrogen and oxygen atoms in total. The second-order valence-corrected chi connectivity index (χ2v) is 9.80. The van der Waals surface area contributed by atoms with Gasteiger partial charge in [-0.1, -0.05) is 26.8 Å². The number of hydrogen-bond acceptors (Lipinski definition) is 3. The molecule has 0 unspecified atom stereocenters. The third-order valence-electron chi connectivity index (χ3n) is 5.91. The predicted molar refractivity (Wildman–Crippen MR) is 133 cm³/mol. The van der Waals surface area contributed by atoms with Gasteiger partial charge in [0.2, 0.25) is 5.91 Å². The summed E-state index contributed by atoms with van der Waals surface area (Å²) in [4.78, 5) is 12.7. The van der Waals surface area contributed by atoms with E-state index >= 15 is 0 Å². The minimum Gasteiger partial charge on any atom is -0.484 e. The maximum absolute atomic E-state index is 13.8. The maximum Gasteiger partial charge on any atom is 0.225 e. The van der Waals surface area contributed by atoms with Crippen LogP contribution in [0.25, 0.3) is 16.6 Å². The Hall–Kier alpha value is -3.74. The minimum absolute atomic E-state index is 0.102. The second kappa shape index (κ2) is 9.49. The fourth-order valence-corrected chi connectivity index (χ4v) is 3.91. The lowest BCUT2D eigenvalue weighted by Gasteiger charge is -2.30. The van der Waals surface area contributed by atoms with Crippen molar-refractivity contribution in [3.05, 3.63) is 89.6 Å². The van der Waals surface area contributed by atoms with Crippen LogP contribution in [0.1, 0.15) is 44.9 Å². The topological polar surface area (TPSA) is 56.1 Å². The molecule has 0 aliphatic heterocycles. The SMILES string of the molecule is Cc1cc(F)ccc1[C@H](Oc1ccc2c(cnn2-c2ccc(F)cc2)c1)[C@H](C)NC(=O)C(C)(C)C. The molecule has 4 rings (SSSR count). The number of benzene rings is 3. The molecule has 182 valence electrons. The number of rotatable bonds is 6. The summed E-state index contributed by atoms with van der Waals surface area (Å²) in [6, 6.07) is 15.9. The van der Waals surface area contributed by atoms with Crippen LogP contribution in [0.2, 0.25) is 0 Å². The lowest BCUT2D eigenvalue weighted by molar-refractivity contribution is -0.129. The molecule has 0 bridgehead atoms. The van der Waals surface area contributed by atoms with Gasteiger partial charge in [-0.05, 0) is 79.6 Å². The van der Waals surface area contributed by atoms with E-state index in [-0.39, 0.29) is 23.6 Å². The van der Waals surface area contributed by atoms with Gasteiger partial charge in [-0.3, -0.25) is 4.79 Å². The molecule has 35 heavy (non-hydrogen) atoms. The molecule has 0 aliphatic rings. The van der Waals surface area contributed by atoms with Crippen molar-refractivity contribution in [2.45, 2.75) is 46.8 Å². The molecule has 7 heteroatoms. The highest BCUT2D eigenvalue weighted by Gasteiger charge is 2.29. The van der Waals surface area contributed by atoms with Crippen molar-refractivity contribution in [2.75, 3.05) is 0 Å². The predicted octanol–water partition coefficient (Wildman–Crippen LogP) is 6.28. The summed E-state index contributed by atoms with van der Waals surface area (Å²) in [6.45, 7) is 9.24. The smallest absolute Gasteiger partial charge is 0.225 e. The first-order valence-corrected chi connectivity index (χ1v) is 11.5. The Morgan fingerprint density at radius 2 is 1.69 bits per heavy atom. The van der Waals surface area contributed by atoms with Crippen LogP contribution in [-0.2, 0) is 4.79 Å². The summed E-state index contributed by atoms with van der Waals surface area (Å²) >= 11 is 0. The number of aryl methyl sites for hydroxylation is 1. The van der Waals surface area contributed by atoms with Crippen LogP contribution in [-0.4, -0.2) is 21.7 Å². The third kappa shape index (κ3) is 5.34. The van der Waals surface area contributed by atoms with E-state index in [0.717, 1.165) is 27.7 Å². The largest absolute Gasteiger partial charge is 0.484 e. The Kier molecular flexibility index (Phi) is 6.61. The molecule has 1 N–H and O–H groups in total. The molecule has 0 aliphatic carbocycles. The van der Waals surface area contributed by atoms with Gasteiger partial charge < -0.3 is 10.1 Å². The normalized spacial score (nSPS) is 13.5. The zero-order valence-corrected chi connectivity index (χ0v) is 20.5. The highest BCUT2D eigenvalue weighted by molar-refractivity contribution is 5.82. The van der Waals surface area contributed by atoms with E-state index < -0.39 is 11.5 Å². The quantitative estimate of drug-likeness (QED) is 0.355. The van der Waals surface area contributed by atoms with Crippen LogP contribution in [0.4, 0.5) is 8.78 Å². The van der Waals surface area contributed by atoms with Crippen LogP contribution in [0, 0.1) is 24.0 Å². The zero-order chi connectivity index (χ0) is 25.3. The number of hydrogen-bond donors (Lipinski definition) is 1. The van der Waals surface area contributed by atoms with Crippen molar-refractivity contribution in [1.29, 1.82) is 0 Å². The standard InChI is InChI=1S/C28H29F2N3O2/c1-17-14-21(30)8-12-24(17)26(18(2)32-27(34)28(3,4)5)35-23-11-13-25-19(15-23)16-31-33(25)22-9-6-20(29)7-10-22/h6-16,18,26H,1-5H3,(H,32,34)/t18-,26+/m0/s1. The van der Waals surface area contributed by atoms with Crippen molar-refractivity contribution in [2.24, 2.45) is 5.41 Å². The van der Waals surface area contributed by atoms with Crippen LogP contribution in [0.5, 0.6) is 5.75 Å². The van der Waals surface area contributed by atoms with Crippen LogP contribution >= 0.6 is 0 Å². The molecule has 0 saturated heterocycles. The third-order valence-corrected chi connectivity index (χ3v) is 5.91. The molecule has 0 fully saturated rings. The molecule has 1 aromatic heterocycles. The van der Waals surface area contributed by atoms with E-state index in [1.807, 2.05) is 52.8 Å². The van der Waals surface area contributed by atoms with Crippen molar-refractivity contribution in [1.82, 2.24) is 15.1 Å². The number of nitrogens with zero attached hydrogens (tertiary/aromatic N) is 2. The Morgan fingerprint density at radius 3 is 2.34 bits per heavy atom.